The molecule has 8 heteroatoms. The number of amides is 4. The first kappa shape index (κ1) is 15.1. The molecule has 0 aromatic heterocycles. The van der Waals surface area contributed by atoms with Crippen LogP contribution >= 0.6 is 0 Å². The average Bonchev–Trinajstić information content (AvgIpc) is 2.84. The zero-order valence-electron chi connectivity index (χ0n) is 12.7. The Morgan fingerprint density at radius 3 is 2.70 bits per heavy atom. The lowest BCUT2D eigenvalue weighted by Crippen LogP contribution is -2.63. The number of rotatable bonds is 5. The minimum absolute atomic E-state index is 0.0300. The SMILES string of the molecule is COc1cccc(OCC(=O)N2CC(N3C(=O)CNC3=O)C2)c1. The van der Waals surface area contributed by atoms with Crippen molar-refractivity contribution in [1.82, 2.24) is 15.1 Å². The van der Waals surface area contributed by atoms with Crippen LogP contribution in [0.4, 0.5) is 4.79 Å². The molecule has 2 aliphatic rings. The summed E-state index contributed by atoms with van der Waals surface area (Å²) in [5.41, 5.74) is 0. The van der Waals surface area contributed by atoms with E-state index in [4.69, 9.17) is 9.47 Å². The second-order valence-corrected chi connectivity index (χ2v) is 5.34. The van der Waals surface area contributed by atoms with Gasteiger partial charge in [0.1, 0.15) is 11.5 Å². The van der Waals surface area contributed by atoms with E-state index < -0.39 is 0 Å². The molecule has 23 heavy (non-hydrogen) atoms. The van der Waals surface area contributed by atoms with Crippen molar-refractivity contribution in [2.45, 2.75) is 6.04 Å². The molecule has 2 fully saturated rings. The number of urea groups is 1. The van der Waals surface area contributed by atoms with Gasteiger partial charge in [-0.2, -0.15) is 0 Å². The molecule has 0 atom stereocenters. The topological polar surface area (TPSA) is 88.2 Å². The Hall–Kier alpha value is -2.77. The fourth-order valence-electron chi connectivity index (χ4n) is 2.55. The predicted octanol–water partition coefficient (Wildman–Crippen LogP) is -0.163. The highest BCUT2D eigenvalue weighted by Gasteiger charge is 2.42. The molecule has 2 saturated heterocycles. The van der Waals surface area contributed by atoms with E-state index in [1.165, 1.54) is 4.90 Å². The molecule has 0 unspecified atom stereocenters. The van der Waals surface area contributed by atoms with Crippen LogP contribution < -0.4 is 14.8 Å². The van der Waals surface area contributed by atoms with Gasteiger partial charge in [0.15, 0.2) is 6.61 Å². The Balaban J connectivity index is 1.47. The summed E-state index contributed by atoms with van der Waals surface area (Å²) in [5.74, 6) is 0.761. The lowest BCUT2D eigenvalue weighted by Gasteiger charge is -2.42. The molecule has 2 aliphatic heterocycles. The van der Waals surface area contributed by atoms with Gasteiger partial charge >= 0.3 is 6.03 Å². The first-order chi connectivity index (χ1) is 11.1. The van der Waals surface area contributed by atoms with E-state index in [0.29, 0.717) is 24.6 Å². The number of likely N-dealkylation sites (tertiary alicyclic amines) is 1. The number of hydrogen-bond donors (Lipinski definition) is 1. The highest BCUT2D eigenvalue weighted by molar-refractivity contribution is 6.02. The summed E-state index contributed by atoms with van der Waals surface area (Å²) in [6, 6.07) is 6.36. The standard InChI is InChI=1S/C15H17N3O5/c1-22-11-3-2-4-12(5-11)23-9-14(20)17-7-10(8-17)18-13(19)6-16-15(18)21/h2-5,10H,6-9H2,1H3,(H,16,21). The first-order valence-electron chi connectivity index (χ1n) is 7.23. The molecule has 8 nitrogen and oxygen atoms in total. The Kier molecular flexibility index (Phi) is 4.05. The van der Waals surface area contributed by atoms with Gasteiger partial charge in [-0.15, -0.1) is 0 Å². The average molecular weight is 319 g/mol. The smallest absolute Gasteiger partial charge is 0.324 e. The summed E-state index contributed by atoms with van der Waals surface area (Å²) in [5, 5.41) is 2.47. The summed E-state index contributed by atoms with van der Waals surface area (Å²) in [6.45, 7) is 0.626. The number of ether oxygens (including phenoxy) is 2. The number of nitrogens with zero attached hydrogens (tertiary/aromatic N) is 2. The zero-order chi connectivity index (χ0) is 16.4. The number of carbonyl (C=O) groups is 3. The second-order valence-electron chi connectivity index (χ2n) is 5.34. The molecular weight excluding hydrogens is 302 g/mol. The van der Waals surface area contributed by atoms with E-state index in [0.717, 1.165) is 0 Å². The highest BCUT2D eigenvalue weighted by atomic mass is 16.5. The van der Waals surface area contributed by atoms with Crippen molar-refractivity contribution < 1.29 is 23.9 Å². The van der Waals surface area contributed by atoms with E-state index in [1.807, 2.05) is 0 Å². The minimum Gasteiger partial charge on any atom is -0.497 e. The van der Waals surface area contributed by atoms with Crippen LogP contribution in [0.3, 0.4) is 0 Å². The molecule has 0 bridgehead atoms. The van der Waals surface area contributed by atoms with Gasteiger partial charge in [-0.1, -0.05) is 6.07 Å². The molecule has 0 aliphatic carbocycles. The van der Waals surface area contributed by atoms with E-state index in [1.54, 1.807) is 36.3 Å². The molecule has 0 spiro atoms. The maximum absolute atomic E-state index is 12.0. The van der Waals surface area contributed by atoms with Gasteiger partial charge in [0, 0.05) is 19.2 Å². The zero-order valence-corrected chi connectivity index (χ0v) is 12.7. The third kappa shape index (κ3) is 3.05. The van der Waals surface area contributed by atoms with Crippen LogP contribution in [0.1, 0.15) is 0 Å². The Bertz CT molecular complexity index is 626. The summed E-state index contributed by atoms with van der Waals surface area (Å²) in [7, 11) is 1.56. The second kappa shape index (κ2) is 6.15. The molecule has 0 saturated carbocycles. The van der Waals surface area contributed by atoms with Crippen LogP contribution in [0, 0.1) is 0 Å². The monoisotopic (exact) mass is 319 g/mol. The molecule has 122 valence electrons. The normalized spacial score (nSPS) is 17.8. The lowest BCUT2D eigenvalue weighted by molar-refractivity contribution is -0.143. The minimum atomic E-state index is -0.389. The lowest BCUT2D eigenvalue weighted by atomic mass is 10.1. The van der Waals surface area contributed by atoms with Crippen molar-refractivity contribution >= 4 is 17.8 Å². The Morgan fingerprint density at radius 1 is 1.30 bits per heavy atom. The van der Waals surface area contributed by atoms with Gasteiger partial charge < -0.3 is 19.7 Å². The Morgan fingerprint density at radius 2 is 2.04 bits per heavy atom. The summed E-state index contributed by atoms with van der Waals surface area (Å²) in [6.07, 6.45) is 0. The third-order valence-electron chi connectivity index (χ3n) is 3.86. The van der Waals surface area contributed by atoms with Crippen molar-refractivity contribution in [3.63, 3.8) is 0 Å². The fourth-order valence-corrected chi connectivity index (χ4v) is 2.55. The van der Waals surface area contributed by atoms with Crippen LogP contribution in [0.15, 0.2) is 24.3 Å². The molecule has 1 aromatic rings. The number of benzene rings is 1. The van der Waals surface area contributed by atoms with Gasteiger partial charge in [0.05, 0.1) is 19.7 Å². The summed E-state index contributed by atoms with van der Waals surface area (Å²) < 4.78 is 10.5. The number of nitrogens with one attached hydrogen (secondary N) is 1. The maximum Gasteiger partial charge on any atom is 0.324 e. The van der Waals surface area contributed by atoms with Crippen LogP contribution in [0.2, 0.25) is 0 Å². The van der Waals surface area contributed by atoms with Crippen molar-refractivity contribution in [3.8, 4) is 11.5 Å². The first-order valence-corrected chi connectivity index (χ1v) is 7.23. The van der Waals surface area contributed by atoms with E-state index in [-0.39, 0.29) is 37.0 Å². The quantitative estimate of drug-likeness (QED) is 0.762. The van der Waals surface area contributed by atoms with Gasteiger partial charge in [0.2, 0.25) is 5.91 Å². The number of hydrogen-bond acceptors (Lipinski definition) is 5. The van der Waals surface area contributed by atoms with Gasteiger partial charge in [0.25, 0.3) is 5.91 Å². The van der Waals surface area contributed by atoms with Crippen LogP contribution in [-0.4, -0.2) is 67.0 Å². The molecule has 0 radical (unpaired) electrons. The molecule has 2 heterocycles. The van der Waals surface area contributed by atoms with E-state index in [2.05, 4.69) is 5.32 Å². The molecule has 1 N–H and O–H groups in total. The predicted molar refractivity (Wildman–Crippen MR) is 79.1 cm³/mol. The van der Waals surface area contributed by atoms with Gasteiger partial charge in [-0.05, 0) is 12.1 Å². The van der Waals surface area contributed by atoms with Crippen LogP contribution in [-0.2, 0) is 9.59 Å². The van der Waals surface area contributed by atoms with Crippen molar-refractivity contribution in [2.75, 3.05) is 33.4 Å². The highest BCUT2D eigenvalue weighted by Crippen LogP contribution is 2.20. The molecule has 1 aromatic carbocycles. The summed E-state index contributed by atoms with van der Waals surface area (Å²) >= 11 is 0. The summed E-state index contributed by atoms with van der Waals surface area (Å²) in [4.78, 5) is 37.9. The van der Waals surface area contributed by atoms with Gasteiger partial charge in [-0.3, -0.25) is 14.5 Å². The van der Waals surface area contributed by atoms with Crippen LogP contribution in [0.5, 0.6) is 11.5 Å². The van der Waals surface area contributed by atoms with Gasteiger partial charge in [-0.25, -0.2) is 4.79 Å². The van der Waals surface area contributed by atoms with E-state index in [9.17, 15) is 14.4 Å². The third-order valence-corrected chi connectivity index (χ3v) is 3.86. The van der Waals surface area contributed by atoms with Crippen molar-refractivity contribution in [3.05, 3.63) is 24.3 Å². The van der Waals surface area contributed by atoms with Crippen molar-refractivity contribution in [2.24, 2.45) is 0 Å². The largest absolute Gasteiger partial charge is 0.497 e. The fraction of sp³-hybridized carbons (Fsp3) is 0.400. The van der Waals surface area contributed by atoms with Crippen molar-refractivity contribution in [1.29, 1.82) is 0 Å². The molecule has 3 rings (SSSR count). The molecule has 4 amide bonds. The number of imide groups is 1. The number of methoxy groups -OCH3 is 1. The van der Waals surface area contributed by atoms with Crippen LogP contribution in [0.25, 0.3) is 0 Å². The Labute approximate surface area is 132 Å². The molecular formula is C15H17N3O5. The number of carbonyl (C=O) groups excluding carboxylic acids is 3. The van der Waals surface area contributed by atoms with E-state index >= 15 is 0 Å². The maximum atomic E-state index is 12.0.